The summed E-state index contributed by atoms with van der Waals surface area (Å²) >= 11 is 6.37. The molecule has 2 saturated heterocycles. The summed E-state index contributed by atoms with van der Waals surface area (Å²) in [5, 5.41) is 3.85. The van der Waals surface area contributed by atoms with Crippen molar-refractivity contribution in [2.24, 2.45) is 0 Å². The molecule has 138 valence electrons. The molecule has 25 heavy (non-hydrogen) atoms. The van der Waals surface area contributed by atoms with Crippen LogP contribution in [0.15, 0.2) is 12.3 Å². The Morgan fingerprint density at radius 2 is 2.00 bits per heavy atom. The molecule has 3 heterocycles. The first-order chi connectivity index (χ1) is 12.1. The minimum atomic E-state index is 0.0296. The van der Waals surface area contributed by atoms with Gasteiger partial charge in [-0.15, -0.1) is 0 Å². The van der Waals surface area contributed by atoms with Crippen LogP contribution in [-0.2, 0) is 4.74 Å². The topological polar surface area (TPSA) is 57.7 Å². The van der Waals surface area contributed by atoms with Gasteiger partial charge < -0.3 is 15.0 Å². The molecule has 0 saturated carbocycles. The number of nitrogens with zero attached hydrogens (tertiary/aromatic N) is 3. The normalized spacial score (nSPS) is 20.3. The number of carbonyl (C=O) groups is 1. The Balaban J connectivity index is 1.58. The van der Waals surface area contributed by atoms with Gasteiger partial charge in [-0.3, -0.25) is 9.69 Å². The minimum absolute atomic E-state index is 0.0296. The molecule has 0 radical (unpaired) electrons. The molecule has 0 aliphatic carbocycles. The second-order valence-electron chi connectivity index (χ2n) is 6.87. The lowest BCUT2D eigenvalue weighted by molar-refractivity contribution is 0.0368. The SMILES string of the molecule is CC(CN1CCOCC1)Nc1ncc(C(=O)N2CCCCC2)cc1Cl. The van der Waals surface area contributed by atoms with Crippen LogP contribution in [0, 0.1) is 0 Å². The van der Waals surface area contributed by atoms with E-state index in [0.29, 0.717) is 16.4 Å². The van der Waals surface area contributed by atoms with E-state index in [1.165, 1.54) is 6.42 Å². The molecule has 3 rings (SSSR count). The smallest absolute Gasteiger partial charge is 0.255 e. The Morgan fingerprint density at radius 1 is 1.28 bits per heavy atom. The van der Waals surface area contributed by atoms with E-state index in [-0.39, 0.29) is 11.9 Å². The number of amides is 1. The molecular weight excluding hydrogens is 340 g/mol. The third kappa shape index (κ3) is 5.06. The van der Waals surface area contributed by atoms with Gasteiger partial charge in [-0.2, -0.15) is 0 Å². The zero-order chi connectivity index (χ0) is 17.6. The van der Waals surface area contributed by atoms with E-state index in [1.54, 1.807) is 12.3 Å². The van der Waals surface area contributed by atoms with Gasteiger partial charge in [0.25, 0.3) is 5.91 Å². The highest BCUT2D eigenvalue weighted by molar-refractivity contribution is 6.33. The zero-order valence-electron chi connectivity index (χ0n) is 14.8. The summed E-state index contributed by atoms with van der Waals surface area (Å²) in [5.74, 6) is 0.666. The lowest BCUT2D eigenvalue weighted by atomic mass is 10.1. The van der Waals surface area contributed by atoms with Crippen LogP contribution in [0.3, 0.4) is 0 Å². The number of hydrogen-bond donors (Lipinski definition) is 1. The summed E-state index contributed by atoms with van der Waals surface area (Å²) in [6, 6.07) is 1.95. The Labute approximate surface area is 154 Å². The maximum absolute atomic E-state index is 12.5. The van der Waals surface area contributed by atoms with E-state index < -0.39 is 0 Å². The van der Waals surface area contributed by atoms with E-state index in [9.17, 15) is 4.79 Å². The molecule has 1 unspecified atom stereocenters. The van der Waals surface area contributed by atoms with Gasteiger partial charge in [0.2, 0.25) is 0 Å². The number of aromatic nitrogens is 1. The van der Waals surface area contributed by atoms with Gasteiger partial charge in [0.1, 0.15) is 5.82 Å². The number of hydrogen-bond acceptors (Lipinski definition) is 5. The number of carbonyl (C=O) groups excluding carboxylic acids is 1. The zero-order valence-corrected chi connectivity index (χ0v) is 15.6. The molecule has 1 amide bonds. The number of morpholine rings is 1. The van der Waals surface area contributed by atoms with Crippen LogP contribution in [0.4, 0.5) is 5.82 Å². The van der Waals surface area contributed by atoms with Crippen molar-refractivity contribution in [1.82, 2.24) is 14.8 Å². The molecule has 0 spiro atoms. The second kappa shape index (κ2) is 8.83. The van der Waals surface area contributed by atoms with Crippen LogP contribution in [0.5, 0.6) is 0 Å². The highest BCUT2D eigenvalue weighted by Crippen LogP contribution is 2.22. The number of ether oxygens (including phenoxy) is 1. The lowest BCUT2D eigenvalue weighted by Crippen LogP contribution is -2.42. The molecule has 2 aliphatic rings. The van der Waals surface area contributed by atoms with Crippen molar-refractivity contribution in [2.45, 2.75) is 32.2 Å². The fourth-order valence-electron chi connectivity index (χ4n) is 3.39. The Kier molecular flexibility index (Phi) is 6.51. The van der Waals surface area contributed by atoms with Crippen molar-refractivity contribution in [1.29, 1.82) is 0 Å². The Bertz CT molecular complexity index is 586. The molecule has 0 bridgehead atoms. The molecule has 1 atom stereocenters. The van der Waals surface area contributed by atoms with Gasteiger partial charge in [-0.25, -0.2) is 4.98 Å². The Hall–Kier alpha value is -1.37. The maximum atomic E-state index is 12.5. The van der Waals surface area contributed by atoms with Gasteiger partial charge in [0.15, 0.2) is 0 Å². The molecule has 7 heteroatoms. The summed E-state index contributed by atoms with van der Waals surface area (Å²) in [6.45, 7) is 8.17. The van der Waals surface area contributed by atoms with E-state index >= 15 is 0 Å². The molecule has 6 nitrogen and oxygen atoms in total. The van der Waals surface area contributed by atoms with E-state index in [4.69, 9.17) is 16.3 Å². The molecule has 2 aliphatic heterocycles. The van der Waals surface area contributed by atoms with E-state index in [1.807, 2.05) is 4.90 Å². The quantitative estimate of drug-likeness (QED) is 0.867. The van der Waals surface area contributed by atoms with Crippen LogP contribution < -0.4 is 5.32 Å². The van der Waals surface area contributed by atoms with Crippen LogP contribution >= 0.6 is 11.6 Å². The predicted molar refractivity (Wildman–Crippen MR) is 99.3 cm³/mol. The average molecular weight is 367 g/mol. The Morgan fingerprint density at radius 3 is 2.68 bits per heavy atom. The number of piperidine rings is 1. The fourth-order valence-corrected chi connectivity index (χ4v) is 3.61. The first-order valence-corrected chi connectivity index (χ1v) is 9.53. The van der Waals surface area contributed by atoms with E-state index in [0.717, 1.165) is 58.8 Å². The van der Waals surface area contributed by atoms with Gasteiger partial charge in [-0.05, 0) is 32.3 Å². The van der Waals surface area contributed by atoms with Gasteiger partial charge in [-0.1, -0.05) is 11.6 Å². The third-order valence-electron chi connectivity index (χ3n) is 4.75. The number of rotatable bonds is 5. The van der Waals surface area contributed by atoms with E-state index in [2.05, 4.69) is 22.1 Å². The van der Waals surface area contributed by atoms with Crippen LogP contribution in [0.1, 0.15) is 36.5 Å². The van der Waals surface area contributed by atoms with Gasteiger partial charge >= 0.3 is 0 Å². The lowest BCUT2D eigenvalue weighted by Gasteiger charge is -2.29. The summed E-state index contributed by atoms with van der Waals surface area (Å²) in [5.41, 5.74) is 0.568. The largest absolute Gasteiger partial charge is 0.379 e. The number of halogens is 1. The van der Waals surface area contributed by atoms with Crippen molar-refractivity contribution in [3.8, 4) is 0 Å². The monoisotopic (exact) mass is 366 g/mol. The number of pyridine rings is 1. The summed E-state index contributed by atoms with van der Waals surface area (Å²) < 4.78 is 5.37. The first kappa shape index (κ1) is 18.4. The van der Waals surface area contributed by atoms with Crippen molar-refractivity contribution in [3.05, 3.63) is 22.8 Å². The highest BCUT2D eigenvalue weighted by atomic mass is 35.5. The molecule has 1 N–H and O–H groups in total. The highest BCUT2D eigenvalue weighted by Gasteiger charge is 2.20. The minimum Gasteiger partial charge on any atom is -0.379 e. The second-order valence-corrected chi connectivity index (χ2v) is 7.27. The number of likely N-dealkylation sites (tertiary alicyclic amines) is 1. The van der Waals surface area contributed by atoms with Crippen molar-refractivity contribution in [3.63, 3.8) is 0 Å². The van der Waals surface area contributed by atoms with Crippen molar-refractivity contribution in [2.75, 3.05) is 51.3 Å². The van der Waals surface area contributed by atoms with Crippen LogP contribution in [0.25, 0.3) is 0 Å². The van der Waals surface area contributed by atoms with Gasteiger partial charge in [0.05, 0.1) is 23.8 Å². The molecule has 0 aromatic carbocycles. The van der Waals surface area contributed by atoms with Crippen LogP contribution in [0.2, 0.25) is 5.02 Å². The summed E-state index contributed by atoms with van der Waals surface area (Å²) in [6.07, 6.45) is 4.98. The van der Waals surface area contributed by atoms with Crippen LogP contribution in [-0.4, -0.2) is 72.7 Å². The maximum Gasteiger partial charge on any atom is 0.255 e. The summed E-state index contributed by atoms with van der Waals surface area (Å²) in [7, 11) is 0. The van der Waals surface area contributed by atoms with Gasteiger partial charge in [0, 0.05) is 45.0 Å². The predicted octanol–water partition coefficient (Wildman–Crippen LogP) is 2.49. The summed E-state index contributed by atoms with van der Waals surface area (Å²) in [4.78, 5) is 21.2. The number of nitrogens with one attached hydrogen (secondary N) is 1. The number of anilines is 1. The molecule has 1 aromatic heterocycles. The molecule has 1 aromatic rings. The average Bonchev–Trinajstić information content (AvgIpc) is 2.64. The molecule has 2 fully saturated rings. The van der Waals surface area contributed by atoms with Crippen molar-refractivity contribution >= 4 is 23.3 Å². The molecular formula is C18H27ClN4O2. The standard InChI is InChI=1S/C18H27ClN4O2/c1-14(13-22-7-9-25-10-8-22)21-17-16(19)11-15(12-20-17)18(24)23-5-3-2-4-6-23/h11-12,14H,2-10,13H2,1H3,(H,20,21). The first-order valence-electron chi connectivity index (χ1n) is 9.15. The third-order valence-corrected chi connectivity index (χ3v) is 5.04. The van der Waals surface area contributed by atoms with Crippen molar-refractivity contribution < 1.29 is 9.53 Å². The fraction of sp³-hybridized carbons (Fsp3) is 0.667.